The number of amides is 1. The molecule has 0 bridgehead atoms. The molecule has 0 atom stereocenters. The Morgan fingerprint density at radius 2 is 2.05 bits per heavy atom. The van der Waals surface area contributed by atoms with Crippen LogP contribution in [0.25, 0.3) is 0 Å². The number of carbonyl (C=O) groups excluding carboxylic acids is 1. The first-order valence-electron chi connectivity index (χ1n) is 5.38. The van der Waals surface area contributed by atoms with Crippen molar-refractivity contribution in [2.24, 2.45) is 0 Å². The number of thiophene rings is 1. The molecule has 1 N–H and O–H groups in total. The Labute approximate surface area is 116 Å². The van der Waals surface area contributed by atoms with E-state index in [4.69, 9.17) is 5.26 Å². The maximum Gasteiger partial charge on any atom is 0.416 e. The molecule has 1 amide bonds. The van der Waals surface area contributed by atoms with E-state index in [0.717, 1.165) is 12.1 Å². The molecular formula is C13H7F3N2OS. The SMILES string of the molecule is N#Cc1cc(C(F)(F)F)ccc1NC(=O)c1cccs1. The summed E-state index contributed by atoms with van der Waals surface area (Å²) in [6, 6.07) is 7.52. The molecule has 1 heterocycles. The van der Waals surface area contributed by atoms with Crippen LogP contribution in [0.15, 0.2) is 35.7 Å². The van der Waals surface area contributed by atoms with E-state index < -0.39 is 17.6 Å². The smallest absolute Gasteiger partial charge is 0.320 e. The van der Waals surface area contributed by atoms with Gasteiger partial charge >= 0.3 is 6.18 Å². The van der Waals surface area contributed by atoms with E-state index in [1.165, 1.54) is 11.3 Å². The summed E-state index contributed by atoms with van der Waals surface area (Å²) in [5.41, 5.74) is -1.10. The highest BCUT2D eigenvalue weighted by Crippen LogP contribution is 2.31. The number of carbonyl (C=O) groups is 1. The molecule has 7 heteroatoms. The summed E-state index contributed by atoms with van der Waals surface area (Å²) in [7, 11) is 0. The zero-order valence-electron chi connectivity index (χ0n) is 9.86. The van der Waals surface area contributed by atoms with E-state index in [9.17, 15) is 18.0 Å². The second kappa shape index (κ2) is 5.35. The minimum atomic E-state index is -4.53. The average Bonchev–Trinajstić information content (AvgIpc) is 2.91. The van der Waals surface area contributed by atoms with Gasteiger partial charge in [0.2, 0.25) is 0 Å². The summed E-state index contributed by atoms with van der Waals surface area (Å²) in [6.45, 7) is 0. The number of rotatable bonds is 2. The van der Waals surface area contributed by atoms with Crippen molar-refractivity contribution in [1.82, 2.24) is 0 Å². The minimum Gasteiger partial charge on any atom is -0.320 e. The second-order valence-corrected chi connectivity index (χ2v) is 4.75. The van der Waals surface area contributed by atoms with Crippen LogP contribution in [0.2, 0.25) is 0 Å². The van der Waals surface area contributed by atoms with Crippen LogP contribution in [0, 0.1) is 11.3 Å². The highest BCUT2D eigenvalue weighted by atomic mass is 32.1. The second-order valence-electron chi connectivity index (χ2n) is 3.80. The van der Waals surface area contributed by atoms with Crippen molar-refractivity contribution in [2.75, 3.05) is 5.32 Å². The number of alkyl halides is 3. The number of benzene rings is 1. The predicted molar refractivity (Wildman–Crippen MR) is 68.4 cm³/mol. The molecule has 2 aromatic rings. The first-order chi connectivity index (χ1) is 9.41. The number of nitriles is 1. The molecule has 0 spiro atoms. The van der Waals surface area contributed by atoms with Gasteiger partial charge in [-0.05, 0) is 29.6 Å². The zero-order chi connectivity index (χ0) is 14.8. The molecule has 0 saturated carbocycles. The molecule has 0 aliphatic rings. The summed E-state index contributed by atoms with van der Waals surface area (Å²) in [4.78, 5) is 12.2. The lowest BCUT2D eigenvalue weighted by atomic mass is 10.1. The minimum absolute atomic E-state index is 0.0545. The highest BCUT2D eigenvalue weighted by Gasteiger charge is 2.31. The third kappa shape index (κ3) is 2.97. The Hall–Kier alpha value is -2.33. The number of nitrogens with zero attached hydrogens (tertiary/aromatic N) is 1. The van der Waals surface area contributed by atoms with Gasteiger partial charge in [-0.3, -0.25) is 4.79 Å². The first kappa shape index (κ1) is 14.1. The fourth-order valence-electron chi connectivity index (χ4n) is 1.51. The van der Waals surface area contributed by atoms with Crippen LogP contribution in [0.1, 0.15) is 20.8 Å². The summed E-state index contributed by atoms with van der Waals surface area (Å²) < 4.78 is 37.6. The van der Waals surface area contributed by atoms with Gasteiger partial charge in [0.15, 0.2) is 0 Å². The van der Waals surface area contributed by atoms with Crippen molar-refractivity contribution in [3.63, 3.8) is 0 Å². The third-order valence-electron chi connectivity index (χ3n) is 2.46. The Bertz CT molecular complexity index is 672. The molecule has 0 saturated heterocycles. The molecule has 3 nitrogen and oxygen atoms in total. The van der Waals surface area contributed by atoms with Gasteiger partial charge in [-0.15, -0.1) is 11.3 Å². The van der Waals surface area contributed by atoms with E-state index in [1.807, 2.05) is 0 Å². The molecule has 0 unspecified atom stereocenters. The lowest BCUT2D eigenvalue weighted by molar-refractivity contribution is -0.137. The van der Waals surface area contributed by atoms with Crippen molar-refractivity contribution >= 4 is 22.9 Å². The largest absolute Gasteiger partial charge is 0.416 e. The lowest BCUT2D eigenvalue weighted by Gasteiger charge is -2.10. The summed E-state index contributed by atoms with van der Waals surface area (Å²) in [6.07, 6.45) is -4.53. The number of anilines is 1. The molecule has 0 fully saturated rings. The van der Waals surface area contributed by atoms with Gasteiger partial charge < -0.3 is 5.32 Å². The van der Waals surface area contributed by atoms with Gasteiger partial charge in [-0.1, -0.05) is 6.07 Å². The van der Waals surface area contributed by atoms with Crippen LogP contribution < -0.4 is 5.32 Å². The van der Waals surface area contributed by atoms with Gasteiger partial charge in [0.05, 0.1) is 21.7 Å². The van der Waals surface area contributed by atoms with Crippen LogP contribution in [0.3, 0.4) is 0 Å². The molecule has 102 valence electrons. The van der Waals surface area contributed by atoms with E-state index in [1.54, 1.807) is 23.6 Å². The van der Waals surface area contributed by atoms with Gasteiger partial charge in [-0.25, -0.2) is 0 Å². The normalized spacial score (nSPS) is 10.9. The van der Waals surface area contributed by atoms with Crippen LogP contribution in [0.4, 0.5) is 18.9 Å². The van der Waals surface area contributed by atoms with Crippen molar-refractivity contribution in [3.05, 3.63) is 51.7 Å². The average molecular weight is 296 g/mol. The fourth-order valence-corrected chi connectivity index (χ4v) is 2.13. The third-order valence-corrected chi connectivity index (χ3v) is 3.33. The lowest BCUT2D eigenvalue weighted by Crippen LogP contribution is -2.12. The molecule has 20 heavy (non-hydrogen) atoms. The molecule has 0 aliphatic carbocycles. The van der Waals surface area contributed by atoms with Gasteiger partial charge in [-0.2, -0.15) is 18.4 Å². The van der Waals surface area contributed by atoms with Crippen molar-refractivity contribution in [1.29, 1.82) is 5.26 Å². The quantitative estimate of drug-likeness (QED) is 0.914. The Kier molecular flexibility index (Phi) is 3.77. The highest BCUT2D eigenvalue weighted by molar-refractivity contribution is 7.12. The molecule has 0 radical (unpaired) electrons. The maximum atomic E-state index is 12.5. The van der Waals surface area contributed by atoms with Gasteiger partial charge in [0, 0.05) is 0 Å². The topological polar surface area (TPSA) is 52.9 Å². The standard InChI is InChI=1S/C13H7F3N2OS/c14-13(15,16)9-3-4-10(8(6-9)7-17)18-12(19)11-2-1-5-20-11/h1-6H,(H,18,19). The monoisotopic (exact) mass is 296 g/mol. The predicted octanol–water partition coefficient (Wildman–Crippen LogP) is 3.89. The van der Waals surface area contributed by atoms with Crippen LogP contribution in [-0.2, 0) is 6.18 Å². The Morgan fingerprint density at radius 3 is 2.60 bits per heavy atom. The van der Waals surface area contributed by atoms with E-state index in [0.29, 0.717) is 10.9 Å². The van der Waals surface area contributed by atoms with E-state index in [-0.39, 0.29) is 11.3 Å². The number of hydrogen-bond donors (Lipinski definition) is 1. The van der Waals surface area contributed by atoms with Crippen LogP contribution >= 0.6 is 11.3 Å². The summed E-state index contributed by atoms with van der Waals surface area (Å²) in [5, 5.41) is 13.0. The van der Waals surface area contributed by atoms with E-state index >= 15 is 0 Å². The van der Waals surface area contributed by atoms with Crippen LogP contribution in [0.5, 0.6) is 0 Å². The summed E-state index contributed by atoms with van der Waals surface area (Å²) in [5.74, 6) is -0.462. The maximum absolute atomic E-state index is 12.5. The molecule has 1 aromatic carbocycles. The summed E-state index contributed by atoms with van der Waals surface area (Å²) >= 11 is 1.20. The zero-order valence-corrected chi connectivity index (χ0v) is 10.7. The molecule has 1 aromatic heterocycles. The molecule has 0 aliphatic heterocycles. The molecule has 2 rings (SSSR count). The van der Waals surface area contributed by atoms with Crippen molar-refractivity contribution < 1.29 is 18.0 Å². The first-order valence-corrected chi connectivity index (χ1v) is 6.26. The van der Waals surface area contributed by atoms with Gasteiger partial charge in [0.25, 0.3) is 5.91 Å². The van der Waals surface area contributed by atoms with Gasteiger partial charge in [0.1, 0.15) is 6.07 Å². The Balaban J connectivity index is 2.29. The van der Waals surface area contributed by atoms with Crippen molar-refractivity contribution in [3.8, 4) is 6.07 Å². The van der Waals surface area contributed by atoms with Crippen molar-refractivity contribution in [2.45, 2.75) is 6.18 Å². The number of halogens is 3. The van der Waals surface area contributed by atoms with E-state index in [2.05, 4.69) is 5.32 Å². The fraction of sp³-hybridized carbons (Fsp3) is 0.0769. The van der Waals surface area contributed by atoms with Crippen LogP contribution in [-0.4, -0.2) is 5.91 Å². The number of nitrogens with one attached hydrogen (secondary N) is 1. The molecular weight excluding hydrogens is 289 g/mol. The number of hydrogen-bond acceptors (Lipinski definition) is 3. The Morgan fingerprint density at radius 1 is 1.30 bits per heavy atom.